The third-order valence-corrected chi connectivity index (χ3v) is 5.00. The Labute approximate surface area is 141 Å². The summed E-state index contributed by atoms with van der Waals surface area (Å²) in [4.78, 5) is 17.1. The van der Waals surface area contributed by atoms with E-state index < -0.39 is 6.09 Å². The monoisotopic (exact) mass is 381 g/mol. The third kappa shape index (κ3) is 3.10. The summed E-state index contributed by atoms with van der Waals surface area (Å²) in [5.41, 5.74) is 1.63. The number of aromatic nitrogens is 2. The summed E-state index contributed by atoms with van der Waals surface area (Å²) in [6, 6.07) is 6.46. The minimum Gasteiger partial charge on any atom is -0.465 e. The minimum atomic E-state index is -0.864. The van der Waals surface area contributed by atoms with Crippen LogP contribution < -0.4 is 0 Å². The van der Waals surface area contributed by atoms with Gasteiger partial charge >= 0.3 is 6.09 Å². The van der Waals surface area contributed by atoms with Crippen LogP contribution >= 0.6 is 15.9 Å². The maximum atomic E-state index is 13.1. The predicted molar refractivity (Wildman–Crippen MR) is 87.9 cm³/mol. The van der Waals surface area contributed by atoms with Crippen LogP contribution in [-0.4, -0.2) is 38.7 Å². The summed E-state index contributed by atoms with van der Waals surface area (Å²) in [5, 5.41) is 9.05. The zero-order valence-corrected chi connectivity index (χ0v) is 14.3. The molecular weight excluding hydrogens is 365 g/mol. The number of halogens is 2. The van der Waals surface area contributed by atoms with Gasteiger partial charge in [0.1, 0.15) is 21.9 Å². The van der Waals surface area contributed by atoms with Gasteiger partial charge in [0, 0.05) is 24.7 Å². The number of imidazole rings is 1. The predicted octanol–water partition coefficient (Wildman–Crippen LogP) is 4.08. The highest BCUT2D eigenvalue weighted by Gasteiger charge is 2.27. The Bertz CT molecular complexity index is 722. The maximum Gasteiger partial charge on any atom is 0.407 e. The molecule has 1 saturated heterocycles. The van der Waals surface area contributed by atoms with Crippen LogP contribution in [0.15, 0.2) is 28.9 Å². The van der Waals surface area contributed by atoms with Crippen molar-refractivity contribution in [1.29, 1.82) is 0 Å². The molecule has 1 fully saturated rings. The average molecular weight is 382 g/mol. The quantitative estimate of drug-likeness (QED) is 0.852. The minimum absolute atomic E-state index is 0.210. The first kappa shape index (κ1) is 16.0. The molecule has 0 radical (unpaired) electrons. The first-order valence-electron chi connectivity index (χ1n) is 7.45. The third-order valence-electron chi connectivity index (χ3n) is 4.25. The first-order valence-corrected chi connectivity index (χ1v) is 8.25. The van der Waals surface area contributed by atoms with Crippen molar-refractivity contribution in [3.8, 4) is 11.3 Å². The molecule has 1 aliphatic heterocycles. The van der Waals surface area contributed by atoms with Crippen molar-refractivity contribution in [2.75, 3.05) is 13.1 Å². The molecule has 0 aliphatic carbocycles. The summed E-state index contributed by atoms with van der Waals surface area (Å²) < 4.78 is 16.1. The molecule has 0 atom stereocenters. The van der Waals surface area contributed by atoms with E-state index in [0.29, 0.717) is 13.1 Å². The molecule has 23 heavy (non-hydrogen) atoms. The smallest absolute Gasteiger partial charge is 0.407 e. The van der Waals surface area contributed by atoms with Gasteiger partial charge in [-0.3, -0.25) is 0 Å². The van der Waals surface area contributed by atoms with Crippen LogP contribution in [0.5, 0.6) is 0 Å². The van der Waals surface area contributed by atoms with Crippen molar-refractivity contribution in [2.24, 2.45) is 0 Å². The zero-order valence-electron chi connectivity index (χ0n) is 12.7. The summed E-state index contributed by atoms with van der Waals surface area (Å²) >= 11 is 3.61. The van der Waals surface area contributed by atoms with Gasteiger partial charge < -0.3 is 14.6 Å². The van der Waals surface area contributed by atoms with E-state index in [1.165, 1.54) is 17.0 Å². The Morgan fingerprint density at radius 2 is 1.91 bits per heavy atom. The number of aryl methyl sites for hydroxylation is 1. The highest BCUT2D eigenvalue weighted by atomic mass is 79.9. The number of piperidine rings is 1. The van der Waals surface area contributed by atoms with Crippen molar-refractivity contribution in [2.45, 2.75) is 25.8 Å². The van der Waals surface area contributed by atoms with Gasteiger partial charge in [-0.25, -0.2) is 14.2 Å². The molecule has 3 rings (SSSR count). The molecule has 1 aromatic heterocycles. The van der Waals surface area contributed by atoms with Gasteiger partial charge in [0.15, 0.2) is 0 Å². The van der Waals surface area contributed by atoms with Gasteiger partial charge in [0.2, 0.25) is 0 Å². The molecule has 1 aliphatic rings. The summed E-state index contributed by atoms with van der Waals surface area (Å²) in [6.45, 7) is 2.98. The highest BCUT2D eigenvalue weighted by molar-refractivity contribution is 9.10. The normalized spacial score (nSPS) is 15.9. The van der Waals surface area contributed by atoms with Crippen LogP contribution in [0, 0.1) is 12.7 Å². The Morgan fingerprint density at radius 3 is 2.48 bits per heavy atom. The molecule has 7 heteroatoms. The van der Waals surface area contributed by atoms with Crippen LogP contribution in [0.1, 0.15) is 24.7 Å². The second-order valence-electron chi connectivity index (χ2n) is 5.68. The van der Waals surface area contributed by atoms with E-state index in [1.54, 1.807) is 12.1 Å². The lowest BCUT2D eigenvalue weighted by atomic mass is 10.1. The maximum absolute atomic E-state index is 13.1. The highest BCUT2D eigenvalue weighted by Crippen LogP contribution is 2.34. The van der Waals surface area contributed by atoms with Crippen molar-refractivity contribution in [1.82, 2.24) is 14.5 Å². The molecule has 5 nitrogen and oxygen atoms in total. The summed E-state index contributed by atoms with van der Waals surface area (Å²) in [5.74, 6) is 0.590. The number of benzene rings is 1. The second-order valence-corrected chi connectivity index (χ2v) is 6.43. The van der Waals surface area contributed by atoms with Crippen molar-refractivity contribution in [3.05, 3.63) is 40.5 Å². The van der Waals surface area contributed by atoms with Crippen LogP contribution in [-0.2, 0) is 0 Å². The van der Waals surface area contributed by atoms with Crippen LogP contribution in [0.4, 0.5) is 9.18 Å². The Morgan fingerprint density at radius 1 is 1.30 bits per heavy atom. The molecule has 0 bridgehead atoms. The summed E-state index contributed by atoms with van der Waals surface area (Å²) in [7, 11) is 0. The van der Waals surface area contributed by atoms with Gasteiger partial charge in [-0.1, -0.05) is 0 Å². The number of nitrogens with zero attached hydrogens (tertiary/aromatic N) is 3. The fourth-order valence-corrected chi connectivity index (χ4v) is 3.91. The number of carboxylic acid groups (broad SMARTS) is 1. The lowest BCUT2D eigenvalue weighted by molar-refractivity contribution is 0.125. The van der Waals surface area contributed by atoms with Gasteiger partial charge in [-0.15, -0.1) is 0 Å². The SMILES string of the molecule is Cc1nc(-c2ccc(F)cc2)c(Br)n1C1CCN(C(=O)O)CC1. The number of amides is 1. The van der Waals surface area contributed by atoms with Crippen molar-refractivity contribution in [3.63, 3.8) is 0 Å². The number of carbonyl (C=O) groups is 1. The number of likely N-dealkylation sites (tertiary alicyclic amines) is 1. The molecule has 1 amide bonds. The van der Waals surface area contributed by atoms with E-state index in [-0.39, 0.29) is 11.9 Å². The molecule has 0 spiro atoms. The molecule has 122 valence electrons. The molecular formula is C16H17BrFN3O2. The fraction of sp³-hybridized carbons (Fsp3) is 0.375. The molecule has 0 saturated carbocycles. The average Bonchev–Trinajstić information content (AvgIpc) is 2.83. The lowest BCUT2D eigenvalue weighted by Crippen LogP contribution is -2.38. The zero-order chi connectivity index (χ0) is 16.6. The lowest BCUT2D eigenvalue weighted by Gasteiger charge is -2.31. The molecule has 2 heterocycles. The standard InChI is InChI=1S/C16H17BrFN3O2/c1-10-19-14(11-2-4-12(18)5-3-11)15(17)21(10)13-6-8-20(9-7-13)16(22)23/h2-5,13H,6-9H2,1H3,(H,22,23). The number of rotatable bonds is 2. The van der Waals surface area contributed by atoms with Gasteiger partial charge in [0.05, 0.1) is 0 Å². The van der Waals surface area contributed by atoms with Crippen molar-refractivity contribution >= 4 is 22.0 Å². The van der Waals surface area contributed by atoms with Crippen LogP contribution in [0.2, 0.25) is 0 Å². The van der Waals surface area contributed by atoms with Gasteiger partial charge in [-0.05, 0) is 60.0 Å². The van der Waals surface area contributed by atoms with Crippen LogP contribution in [0.25, 0.3) is 11.3 Å². The Hall–Kier alpha value is -1.89. The van der Waals surface area contributed by atoms with E-state index in [9.17, 15) is 9.18 Å². The molecule has 2 aromatic rings. The Kier molecular flexibility index (Phi) is 4.39. The summed E-state index contributed by atoms with van der Waals surface area (Å²) in [6.07, 6.45) is 0.646. The number of hydrogen-bond donors (Lipinski definition) is 1. The molecule has 1 aromatic carbocycles. The largest absolute Gasteiger partial charge is 0.465 e. The van der Waals surface area contributed by atoms with E-state index in [1.807, 2.05) is 6.92 Å². The molecule has 0 unspecified atom stereocenters. The van der Waals surface area contributed by atoms with Crippen LogP contribution in [0.3, 0.4) is 0 Å². The topological polar surface area (TPSA) is 58.4 Å². The number of hydrogen-bond acceptors (Lipinski definition) is 2. The fourth-order valence-electron chi connectivity index (χ4n) is 3.05. The van der Waals surface area contributed by atoms with Gasteiger partial charge in [-0.2, -0.15) is 0 Å². The van der Waals surface area contributed by atoms with E-state index in [4.69, 9.17) is 5.11 Å². The molecule has 1 N–H and O–H groups in total. The second kappa shape index (κ2) is 6.31. The van der Waals surface area contributed by atoms with E-state index in [2.05, 4.69) is 25.5 Å². The van der Waals surface area contributed by atoms with E-state index >= 15 is 0 Å². The van der Waals surface area contributed by atoms with E-state index in [0.717, 1.165) is 34.5 Å². The first-order chi connectivity index (χ1) is 11.0. The van der Waals surface area contributed by atoms with Gasteiger partial charge in [0.25, 0.3) is 0 Å². The van der Waals surface area contributed by atoms with Crippen molar-refractivity contribution < 1.29 is 14.3 Å². The Balaban J connectivity index is 1.87.